The average molecular weight is 117 g/mol. The number of rotatable bonds is 2. The summed E-state index contributed by atoms with van der Waals surface area (Å²) in [6.07, 6.45) is 0. The van der Waals surface area contributed by atoms with Crippen LogP contribution < -0.4 is 0 Å². The van der Waals surface area contributed by atoms with Crippen molar-refractivity contribution in [3.63, 3.8) is 0 Å². The van der Waals surface area contributed by atoms with Crippen LogP contribution in [0.5, 0.6) is 0 Å². The van der Waals surface area contributed by atoms with E-state index >= 15 is 0 Å². The zero-order valence-electron chi connectivity index (χ0n) is 4.72. The van der Waals surface area contributed by atoms with Crippen molar-refractivity contribution in [2.75, 3.05) is 7.11 Å². The Balaban J connectivity index is 3.49. The second-order valence-corrected chi connectivity index (χ2v) is 1.16. The Bertz CT molecular complexity index is 110. The van der Waals surface area contributed by atoms with Crippen molar-refractivity contribution in [2.24, 2.45) is 0 Å². The maximum absolute atomic E-state index is 10.2. The number of carbonyl (C=O) groups excluding carboxylic acids is 1. The lowest BCUT2D eigenvalue weighted by Gasteiger charge is -1.93. The summed E-state index contributed by atoms with van der Waals surface area (Å²) in [5.41, 5.74) is -0.174. The summed E-state index contributed by atoms with van der Waals surface area (Å²) in [4.78, 5) is 18.1. The highest BCUT2D eigenvalue weighted by molar-refractivity contribution is 6.33. The van der Waals surface area contributed by atoms with Gasteiger partial charge in [-0.25, -0.2) is 4.79 Å². The van der Waals surface area contributed by atoms with E-state index in [1.807, 2.05) is 0 Å². The summed E-state index contributed by atoms with van der Waals surface area (Å²) in [7, 11) is 1.21. The number of hydrogen-bond donors (Lipinski definition) is 1. The minimum absolute atomic E-state index is 0.174. The molecule has 0 aliphatic heterocycles. The average Bonchev–Trinajstić information content (AvgIpc) is 1.67. The molecule has 46 valence electrons. The molecular weight excluding hydrogens is 110 g/mol. The summed E-state index contributed by atoms with van der Waals surface area (Å²) >= 11 is 0. The second kappa shape index (κ2) is 3.15. The van der Waals surface area contributed by atoms with Gasteiger partial charge in [-0.05, 0) is 6.92 Å². The first kappa shape index (κ1) is 7.10. The van der Waals surface area contributed by atoms with E-state index in [9.17, 15) is 4.79 Å². The lowest BCUT2D eigenvalue weighted by molar-refractivity contribution is -0.247. The third-order valence-corrected chi connectivity index (χ3v) is 0.465. The third kappa shape index (κ3) is 2.30. The molecule has 0 rings (SSSR count). The molecule has 1 N–H and O–H groups in total. The van der Waals surface area contributed by atoms with E-state index in [1.54, 1.807) is 0 Å². The van der Waals surface area contributed by atoms with Gasteiger partial charge in [0.2, 0.25) is 0 Å². The minimum atomic E-state index is -0.757. The predicted molar refractivity (Wildman–Crippen MR) is 26.5 cm³/mol. The van der Waals surface area contributed by atoms with E-state index in [1.165, 1.54) is 14.0 Å². The largest absolute Gasteiger partial charge is 0.386 e. The van der Waals surface area contributed by atoms with E-state index in [0.717, 1.165) is 0 Å². The van der Waals surface area contributed by atoms with Gasteiger partial charge in [0.05, 0.1) is 7.11 Å². The predicted octanol–water partition coefficient (Wildman–Crippen LogP) is 0.131. The fraction of sp³-hybridized carbons (Fsp3) is 0.500. The van der Waals surface area contributed by atoms with Gasteiger partial charge in [-0.2, -0.15) is 4.89 Å². The van der Waals surface area contributed by atoms with Crippen molar-refractivity contribution < 1.29 is 14.6 Å². The Hall–Kier alpha value is -0.900. The van der Waals surface area contributed by atoms with Gasteiger partial charge in [0.1, 0.15) is 5.71 Å². The Morgan fingerprint density at radius 1 is 1.62 bits per heavy atom. The molecule has 0 spiro atoms. The van der Waals surface area contributed by atoms with Gasteiger partial charge in [-0.1, -0.05) is 0 Å². The molecule has 0 amide bonds. The zero-order valence-corrected chi connectivity index (χ0v) is 4.72. The summed E-state index contributed by atoms with van der Waals surface area (Å²) in [6, 6.07) is 0. The molecule has 0 saturated carbocycles. The van der Waals surface area contributed by atoms with Crippen molar-refractivity contribution in [3.05, 3.63) is 0 Å². The maximum Gasteiger partial charge on any atom is 0.386 e. The van der Waals surface area contributed by atoms with Gasteiger partial charge in [-0.3, -0.25) is 10.3 Å². The monoisotopic (exact) mass is 117 g/mol. The Kier molecular flexibility index (Phi) is 2.79. The highest BCUT2D eigenvalue weighted by Crippen LogP contribution is 1.78. The molecule has 0 aromatic carbocycles. The van der Waals surface area contributed by atoms with Crippen molar-refractivity contribution >= 4 is 11.7 Å². The summed E-state index contributed by atoms with van der Waals surface area (Å²) in [6.45, 7) is 1.32. The highest BCUT2D eigenvalue weighted by atomic mass is 17.2. The molecule has 4 nitrogen and oxygen atoms in total. The SMILES string of the molecule is COOC(=O)C(C)=N. The maximum atomic E-state index is 10.2. The molecule has 0 atom stereocenters. The molecule has 0 bridgehead atoms. The second-order valence-electron chi connectivity index (χ2n) is 1.16. The van der Waals surface area contributed by atoms with Crippen LogP contribution in [0.15, 0.2) is 0 Å². The molecule has 4 heteroatoms. The molecule has 0 aromatic rings. The van der Waals surface area contributed by atoms with Crippen LogP contribution in [-0.2, 0) is 14.6 Å². The summed E-state index contributed by atoms with van der Waals surface area (Å²) < 4.78 is 0. The molecule has 0 aromatic heterocycles. The van der Waals surface area contributed by atoms with E-state index < -0.39 is 5.97 Å². The van der Waals surface area contributed by atoms with Gasteiger partial charge in [0.15, 0.2) is 0 Å². The Labute approximate surface area is 46.8 Å². The number of hydrogen-bond acceptors (Lipinski definition) is 4. The first-order valence-electron chi connectivity index (χ1n) is 1.98. The van der Waals surface area contributed by atoms with Crippen molar-refractivity contribution in [1.82, 2.24) is 0 Å². The number of nitrogens with one attached hydrogen (secondary N) is 1. The molecule has 0 unspecified atom stereocenters. The van der Waals surface area contributed by atoms with Crippen LogP contribution in [0.4, 0.5) is 0 Å². The smallest absolute Gasteiger partial charge is 0.298 e. The highest BCUT2D eigenvalue weighted by Gasteiger charge is 2.02. The molecule has 0 aliphatic carbocycles. The van der Waals surface area contributed by atoms with Gasteiger partial charge < -0.3 is 0 Å². The Morgan fingerprint density at radius 3 is 2.25 bits per heavy atom. The Morgan fingerprint density at radius 2 is 2.12 bits per heavy atom. The quantitative estimate of drug-likeness (QED) is 0.317. The summed E-state index contributed by atoms with van der Waals surface area (Å²) in [5.74, 6) is -0.757. The lowest BCUT2D eigenvalue weighted by atomic mass is 10.5. The van der Waals surface area contributed by atoms with Crippen LogP contribution in [0, 0.1) is 5.41 Å². The van der Waals surface area contributed by atoms with Gasteiger partial charge in [0.25, 0.3) is 0 Å². The first-order chi connectivity index (χ1) is 3.68. The third-order valence-electron chi connectivity index (χ3n) is 0.465. The fourth-order valence-electron chi connectivity index (χ4n) is 0.138. The molecule has 0 saturated heterocycles. The van der Waals surface area contributed by atoms with Gasteiger partial charge in [0, 0.05) is 0 Å². The van der Waals surface area contributed by atoms with Crippen LogP contribution in [0.25, 0.3) is 0 Å². The number of carbonyl (C=O) groups is 1. The fourth-order valence-corrected chi connectivity index (χ4v) is 0.138. The van der Waals surface area contributed by atoms with Crippen LogP contribution in [-0.4, -0.2) is 18.8 Å². The molecule has 0 radical (unpaired) electrons. The van der Waals surface area contributed by atoms with E-state index in [4.69, 9.17) is 5.41 Å². The van der Waals surface area contributed by atoms with E-state index in [-0.39, 0.29) is 5.71 Å². The van der Waals surface area contributed by atoms with Gasteiger partial charge in [-0.15, -0.1) is 0 Å². The van der Waals surface area contributed by atoms with Crippen molar-refractivity contribution in [1.29, 1.82) is 5.41 Å². The normalized spacial score (nSPS) is 8.25. The van der Waals surface area contributed by atoms with E-state index in [2.05, 4.69) is 9.78 Å². The lowest BCUT2D eigenvalue weighted by Crippen LogP contribution is -2.11. The molecule has 0 heterocycles. The van der Waals surface area contributed by atoms with E-state index in [0.29, 0.717) is 0 Å². The molecule has 0 aliphatic rings. The van der Waals surface area contributed by atoms with Crippen LogP contribution in [0.2, 0.25) is 0 Å². The topological polar surface area (TPSA) is 59.4 Å². The van der Waals surface area contributed by atoms with Crippen LogP contribution in [0.1, 0.15) is 6.92 Å². The van der Waals surface area contributed by atoms with Crippen LogP contribution >= 0.6 is 0 Å². The zero-order chi connectivity index (χ0) is 6.57. The molecular formula is C4H7NO3. The standard InChI is InChI=1S/C4H7NO3/c1-3(5)4(6)8-7-2/h5H,1-2H3. The summed E-state index contributed by atoms with van der Waals surface area (Å²) in [5, 5.41) is 6.65. The van der Waals surface area contributed by atoms with Gasteiger partial charge >= 0.3 is 5.97 Å². The molecule has 0 fully saturated rings. The minimum Gasteiger partial charge on any atom is -0.298 e. The van der Waals surface area contributed by atoms with Crippen molar-refractivity contribution in [2.45, 2.75) is 6.92 Å². The van der Waals surface area contributed by atoms with Crippen molar-refractivity contribution in [3.8, 4) is 0 Å². The van der Waals surface area contributed by atoms with Crippen LogP contribution in [0.3, 0.4) is 0 Å². The first-order valence-corrected chi connectivity index (χ1v) is 1.98. The molecule has 8 heavy (non-hydrogen) atoms.